The van der Waals surface area contributed by atoms with Crippen molar-refractivity contribution in [2.45, 2.75) is 26.3 Å². The number of benzene rings is 1. The molecule has 1 fully saturated rings. The van der Waals surface area contributed by atoms with Crippen LogP contribution in [-0.4, -0.2) is 30.7 Å². The number of oxazole rings is 1. The molecular weight excluding hydrogens is 226 g/mol. The first kappa shape index (κ1) is 11.5. The van der Waals surface area contributed by atoms with Crippen molar-refractivity contribution in [2.24, 2.45) is 0 Å². The van der Waals surface area contributed by atoms with Crippen molar-refractivity contribution in [1.29, 1.82) is 0 Å². The SMILES string of the molecule is Cc1ccc2oc(N3CCN[C@H](C)CC3)nc2c1. The number of hydrogen-bond donors (Lipinski definition) is 1. The number of anilines is 1. The molecular formula is C14H19N3O. The van der Waals surface area contributed by atoms with Gasteiger partial charge in [-0.15, -0.1) is 0 Å². The summed E-state index contributed by atoms with van der Waals surface area (Å²) in [7, 11) is 0. The molecule has 0 unspecified atom stereocenters. The first-order valence-electron chi connectivity index (χ1n) is 6.58. The first-order valence-corrected chi connectivity index (χ1v) is 6.58. The van der Waals surface area contributed by atoms with Crippen molar-refractivity contribution in [3.63, 3.8) is 0 Å². The second-order valence-electron chi connectivity index (χ2n) is 5.10. The number of fused-ring (bicyclic) bond motifs is 1. The lowest BCUT2D eigenvalue weighted by Crippen LogP contribution is -2.29. The van der Waals surface area contributed by atoms with Crippen LogP contribution in [0.5, 0.6) is 0 Å². The van der Waals surface area contributed by atoms with E-state index in [-0.39, 0.29) is 0 Å². The summed E-state index contributed by atoms with van der Waals surface area (Å²) < 4.78 is 5.84. The molecule has 0 bridgehead atoms. The van der Waals surface area contributed by atoms with Crippen molar-refractivity contribution >= 4 is 17.1 Å². The van der Waals surface area contributed by atoms with Gasteiger partial charge in [0.2, 0.25) is 0 Å². The monoisotopic (exact) mass is 245 g/mol. The van der Waals surface area contributed by atoms with Crippen molar-refractivity contribution in [3.05, 3.63) is 23.8 Å². The number of aromatic nitrogens is 1. The quantitative estimate of drug-likeness (QED) is 0.837. The van der Waals surface area contributed by atoms with Gasteiger partial charge in [-0.1, -0.05) is 6.07 Å². The normalized spacial score (nSPS) is 21.2. The molecule has 1 aromatic carbocycles. The molecule has 0 saturated carbocycles. The molecule has 4 nitrogen and oxygen atoms in total. The minimum absolute atomic E-state index is 0.571. The van der Waals surface area contributed by atoms with Crippen LogP contribution in [0.2, 0.25) is 0 Å². The van der Waals surface area contributed by atoms with Crippen LogP contribution in [0, 0.1) is 6.92 Å². The molecule has 1 aliphatic rings. The van der Waals surface area contributed by atoms with Gasteiger partial charge in [0.15, 0.2) is 5.58 Å². The predicted molar refractivity (Wildman–Crippen MR) is 73.0 cm³/mol. The second kappa shape index (κ2) is 4.61. The van der Waals surface area contributed by atoms with E-state index in [1.807, 2.05) is 6.07 Å². The van der Waals surface area contributed by atoms with E-state index in [1.54, 1.807) is 0 Å². The molecule has 4 heteroatoms. The third-order valence-electron chi connectivity index (χ3n) is 3.51. The Hall–Kier alpha value is -1.55. The highest BCUT2D eigenvalue weighted by Gasteiger charge is 2.17. The molecule has 1 aromatic heterocycles. The maximum absolute atomic E-state index is 5.84. The molecule has 18 heavy (non-hydrogen) atoms. The standard InChI is InChI=1S/C14H19N3O/c1-10-3-4-13-12(9-10)16-14(18-13)17-7-5-11(2)15-6-8-17/h3-4,9,11,15H,5-8H2,1-2H3/t11-/m1/s1. The van der Waals surface area contributed by atoms with Crippen LogP contribution in [0.25, 0.3) is 11.1 Å². The highest BCUT2D eigenvalue weighted by molar-refractivity contribution is 5.75. The number of nitrogens with one attached hydrogen (secondary N) is 1. The van der Waals surface area contributed by atoms with Gasteiger partial charge in [-0.3, -0.25) is 0 Å². The lowest BCUT2D eigenvalue weighted by molar-refractivity contribution is 0.559. The maximum Gasteiger partial charge on any atom is 0.298 e. The molecule has 2 heterocycles. The van der Waals surface area contributed by atoms with Crippen LogP contribution in [0.4, 0.5) is 6.01 Å². The average molecular weight is 245 g/mol. The van der Waals surface area contributed by atoms with Gasteiger partial charge in [0.1, 0.15) is 5.52 Å². The van der Waals surface area contributed by atoms with Crippen LogP contribution < -0.4 is 10.2 Å². The van der Waals surface area contributed by atoms with Gasteiger partial charge in [0.05, 0.1) is 0 Å². The van der Waals surface area contributed by atoms with Crippen LogP contribution in [-0.2, 0) is 0 Å². The highest BCUT2D eigenvalue weighted by atomic mass is 16.4. The Labute approximate surface area is 107 Å². The van der Waals surface area contributed by atoms with E-state index in [1.165, 1.54) is 5.56 Å². The Balaban J connectivity index is 1.89. The van der Waals surface area contributed by atoms with Gasteiger partial charge in [0.25, 0.3) is 6.01 Å². The zero-order valence-electron chi connectivity index (χ0n) is 10.9. The van der Waals surface area contributed by atoms with Gasteiger partial charge < -0.3 is 14.6 Å². The molecule has 1 aliphatic heterocycles. The minimum Gasteiger partial charge on any atom is -0.423 e. The van der Waals surface area contributed by atoms with E-state index in [0.29, 0.717) is 6.04 Å². The highest BCUT2D eigenvalue weighted by Crippen LogP contribution is 2.23. The van der Waals surface area contributed by atoms with Gasteiger partial charge in [-0.2, -0.15) is 4.98 Å². The first-order chi connectivity index (χ1) is 8.72. The third kappa shape index (κ3) is 2.20. The van der Waals surface area contributed by atoms with Gasteiger partial charge >= 0.3 is 0 Å². The van der Waals surface area contributed by atoms with E-state index in [4.69, 9.17) is 4.42 Å². The predicted octanol–water partition coefficient (Wildman–Crippen LogP) is 2.32. The van der Waals surface area contributed by atoms with Gasteiger partial charge in [-0.25, -0.2) is 0 Å². The van der Waals surface area contributed by atoms with Crippen LogP contribution in [0.3, 0.4) is 0 Å². The smallest absolute Gasteiger partial charge is 0.298 e. The molecule has 0 amide bonds. The Morgan fingerprint density at radius 1 is 1.39 bits per heavy atom. The second-order valence-corrected chi connectivity index (χ2v) is 5.10. The maximum atomic E-state index is 5.84. The zero-order chi connectivity index (χ0) is 12.5. The van der Waals surface area contributed by atoms with Gasteiger partial charge in [0, 0.05) is 25.7 Å². The average Bonchev–Trinajstić information content (AvgIpc) is 2.63. The molecule has 1 saturated heterocycles. The summed E-state index contributed by atoms with van der Waals surface area (Å²) in [5, 5.41) is 3.48. The fourth-order valence-electron chi connectivity index (χ4n) is 2.36. The Morgan fingerprint density at radius 3 is 3.17 bits per heavy atom. The Kier molecular flexibility index (Phi) is 2.96. The Bertz CT molecular complexity index is 549. The lowest BCUT2D eigenvalue weighted by atomic mass is 10.2. The molecule has 0 spiro atoms. The fourth-order valence-corrected chi connectivity index (χ4v) is 2.36. The number of hydrogen-bond acceptors (Lipinski definition) is 4. The van der Waals surface area contributed by atoms with E-state index < -0.39 is 0 Å². The molecule has 1 N–H and O–H groups in total. The van der Waals surface area contributed by atoms with Crippen molar-refractivity contribution < 1.29 is 4.42 Å². The summed E-state index contributed by atoms with van der Waals surface area (Å²) in [5.41, 5.74) is 3.05. The summed E-state index contributed by atoms with van der Waals surface area (Å²) >= 11 is 0. The summed E-state index contributed by atoms with van der Waals surface area (Å²) in [5.74, 6) is 0. The van der Waals surface area contributed by atoms with Crippen LogP contribution >= 0.6 is 0 Å². The van der Waals surface area contributed by atoms with Crippen LogP contribution in [0.15, 0.2) is 22.6 Å². The molecule has 0 aliphatic carbocycles. The van der Waals surface area contributed by atoms with E-state index >= 15 is 0 Å². The summed E-state index contributed by atoms with van der Waals surface area (Å²) in [6.45, 7) is 7.24. The lowest BCUT2D eigenvalue weighted by Gasteiger charge is -2.16. The van der Waals surface area contributed by atoms with Gasteiger partial charge in [-0.05, 0) is 38.0 Å². The molecule has 96 valence electrons. The third-order valence-corrected chi connectivity index (χ3v) is 3.51. The minimum atomic E-state index is 0.571. The fraction of sp³-hybridized carbons (Fsp3) is 0.500. The van der Waals surface area contributed by atoms with E-state index in [9.17, 15) is 0 Å². The summed E-state index contributed by atoms with van der Waals surface area (Å²) in [4.78, 5) is 6.82. The number of aryl methyl sites for hydroxylation is 1. The molecule has 3 rings (SSSR count). The summed E-state index contributed by atoms with van der Waals surface area (Å²) in [6.07, 6.45) is 1.12. The topological polar surface area (TPSA) is 41.3 Å². The van der Waals surface area contributed by atoms with E-state index in [0.717, 1.165) is 43.2 Å². The summed E-state index contributed by atoms with van der Waals surface area (Å²) in [6, 6.07) is 7.46. The van der Waals surface area contributed by atoms with Crippen molar-refractivity contribution in [1.82, 2.24) is 10.3 Å². The largest absolute Gasteiger partial charge is 0.423 e. The molecule has 1 atom stereocenters. The Morgan fingerprint density at radius 2 is 2.28 bits per heavy atom. The molecule has 2 aromatic rings. The number of rotatable bonds is 1. The zero-order valence-corrected chi connectivity index (χ0v) is 10.9. The van der Waals surface area contributed by atoms with E-state index in [2.05, 4.69) is 41.2 Å². The number of nitrogens with zero attached hydrogens (tertiary/aromatic N) is 2. The van der Waals surface area contributed by atoms with Crippen molar-refractivity contribution in [2.75, 3.05) is 24.5 Å². The molecule has 0 radical (unpaired) electrons. The van der Waals surface area contributed by atoms with Crippen LogP contribution in [0.1, 0.15) is 18.9 Å². The van der Waals surface area contributed by atoms with Crippen molar-refractivity contribution in [3.8, 4) is 0 Å².